The van der Waals surface area contributed by atoms with E-state index in [1.807, 2.05) is 52.0 Å². The lowest BCUT2D eigenvalue weighted by Gasteiger charge is -2.25. The van der Waals surface area contributed by atoms with Crippen LogP contribution in [0, 0.1) is 11.3 Å². The Hall–Kier alpha value is -1.55. The number of rotatable bonds is 8. The van der Waals surface area contributed by atoms with E-state index in [4.69, 9.17) is 4.74 Å². The maximum atomic E-state index is 12.4. The molecule has 0 bridgehead atoms. The Morgan fingerprint density at radius 3 is 2.55 bits per heavy atom. The number of benzene rings is 1. The zero-order valence-corrected chi connectivity index (χ0v) is 14.3. The van der Waals surface area contributed by atoms with Gasteiger partial charge in [0, 0.05) is 12.0 Å². The van der Waals surface area contributed by atoms with Crippen LogP contribution in [0.2, 0.25) is 0 Å². The SMILES string of the molecule is COc1ccccc1CC(C)(C)C(=O)NCCC(O)C(C)C. The Morgan fingerprint density at radius 2 is 1.95 bits per heavy atom. The average molecular weight is 307 g/mol. The van der Waals surface area contributed by atoms with Gasteiger partial charge in [0.25, 0.3) is 0 Å². The highest BCUT2D eigenvalue weighted by Crippen LogP contribution is 2.27. The van der Waals surface area contributed by atoms with E-state index in [-0.39, 0.29) is 17.9 Å². The Kier molecular flexibility index (Phi) is 6.88. The predicted molar refractivity (Wildman–Crippen MR) is 89.0 cm³/mol. The van der Waals surface area contributed by atoms with E-state index in [1.165, 1.54) is 0 Å². The van der Waals surface area contributed by atoms with E-state index in [2.05, 4.69) is 5.32 Å². The average Bonchev–Trinajstić information content (AvgIpc) is 2.46. The van der Waals surface area contributed by atoms with Crippen LogP contribution < -0.4 is 10.1 Å². The summed E-state index contributed by atoms with van der Waals surface area (Å²) < 4.78 is 5.35. The van der Waals surface area contributed by atoms with Gasteiger partial charge in [-0.15, -0.1) is 0 Å². The van der Waals surface area contributed by atoms with Gasteiger partial charge in [-0.2, -0.15) is 0 Å². The highest BCUT2D eigenvalue weighted by molar-refractivity contribution is 5.82. The number of carbonyl (C=O) groups is 1. The molecule has 1 amide bonds. The molecule has 1 aromatic carbocycles. The minimum atomic E-state index is -0.530. The molecule has 0 aliphatic carbocycles. The van der Waals surface area contributed by atoms with E-state index in [0.29, 0.717) is 19.4 Å². The second kappa shape index (κ2) is 8.18. The smallest absolute Gasteiger partial charge is 0.225 e. The van der Waals surface area contributed by atoms with E-state index >= 15 is 0 Å². The van der Waals surface area contributed by atoms with Gasteiger partial charge in [0.2, 0.25) is 5.91 Å². The van der Waals surface area contributed by atoms with E-state index in [0.717, 1.165) is 11.3 Å². The van der Waals surface area contributed by atoms with Crippen molar-refractivity contribution in [2.45, 2.75) is 46.6 Å². The summed E-state index contributed by atoms with van der Waals surface area (Å²) in [5, 5.41) is 12.7. The van der Waals surface area contributed by atoms with E-state index < -0.39 is 5.41 Å². The third-order valence-electron chi connectivity index (χ3n) is 3.93. The molecule has 0 aliphatic rings. The number of hydrogen-bond donors (Lipinski definition) is 2. The van der Waals surface area contributed by atoms with Crippen molar-refractivity contribution in [3.05, 3.63) is 29.8 Å². The highest BCUT2D eigenvalue weighted by atomic mass is 16.5. The Balaban J connectivity index is 2.59. The second-order valence-corrected chi connectivity index (χ2v) is 6.73. The molecule has 22 heavy (non-hydrogen) atoms. The van der Waals surface area contributed by atoms with Crippen LogP contribution in [0.5, 0.6) is 5.75 Å². The summed E-state index contributed by atoms with van der Waals surface area (Å²) in [5.74, 6) is 1.01. The molecule has 0 aliphatic heterocycles. The van der Waals surface area contributed by atoms with Gasteiger partial charge in [0.15, 0.2) is 0 Å². The maximum absolute atomic E-state index is 12.4. The molecular formula is C18H29NO3. The molecule has 4 heteroatoms. The molecule has 0 spiro atoms. The Labute approximate surface area is 133 Å². The fourth-order valence-electron chi connectivity index (χ4n) is 2.31. The van der Waals surface area contributed by atoms with Crippen LogP contribution in [-0.4, -0.2) is 30.8 Å². The Bertz CT molecular complexity index is 483. The normalized spacial score (nSPS) is 13.0. The first-order valence-electron chi connectivity index (χ1n) is 7.86. The molecule has 0 fully saturated rings. The van der Waals surface area contributed by atoms with Gasteiger partial charge in [-0.25, -0.2) is 0 Å². The number of para-hydroxylation sites is 1. The molecule has 0 aromatic heterocycles. The standard InChI is InChI=1S/C18H29NO3/c1-13(2)15(20)10-11-19-17(21)18(3,4)12-14-8-6-7-9-16(14)22-5/h6-9,13,15,20H,10-12H2,1-5H3,(H,19,21). The van der Waals surface area contributed by atoms with Gasteiger partial charge >= 0.3 is 0 Å². The largest absolute Gasteiger partial charge is 0.496 e. The third-order valence-corrected chi connectivity index (χ3v) is 3.93. The van der Waals surface area contributed by atoms with Crippen molar-refractivity contribution >= 4 is 5.91 Å². The number of amides is 1. The number of nitrogens with one attached hydrogen (secondary N) is 1. The van der Waals surface area contributed by atoms with Crippen LogP contribution in [0.25, 0.3) is 0 Å². The molecule has 0 saturated heterocycles. The summed E-state index contributed by atoms with van der Waals surface area (Å²) in [6, 6.07) is 7.76. The third kappa shape index (κ3) is 5.34. The minimum absolute atomic E-state index is 0.00522. The quantitative estimate of drug-likeness (QED) is 0.776. The van der Waals surface area contributed by atoms with Gasteiger partial charge in [-0.05, 0) is 30.4 Å². The zero-order chi connectivity index (χ0) is 16.8. The van der Waals surface area contributed by atoms with Crippen LogP contribution in [-0.2, 0) is 11.2 Å². The summed E-state index contributed by atoms with van der Waals surface area (Å²) in [6.45, 7) is 8.28. The number of ether oxygens (including phenoxy) is 1. The summed E-state index contributed by atoms with van der Waals surface area (Å²) >= 11 is 0. The lowest BCUT2D eigenvalue weighted by atomic mass is 9.84. The Morgan fingerprint density at radius 1 is 1.32 bits per heavy atom. The highest BCUT2D eigenvalue weighted by Gasteiger charge is 2.28. The number of aliphatic hydroxyl groups is 1. The van der Waals surface area contributed by atoms with Crippen molar-refractivity contribution < 1.29 is 14.6 Å². The summed E-state index contributed by atoms with van der Waals surface area (Å²) in [6.07, 6.45) is 0.807. The lowest BCUT2D eigenvalue weighted by molar-refractivity contribution is -0.129. The minimum Gasteiger partial charge on any atom is -0.496 e. The first kappa shape index (κ1) is 18.5. The van der Waals surface area contributed by atoms with Crippen LogP contribution in [0.1, 0.15) is 39.7 Å². The van der Waals surface area contributed by atoms with Gasteiger partial charge < -0.3 is 15.2 Å². The maximum Gasteiger partial charge on any atom is 0.225 e. The molecule has 4 nitrogen and oxygen atoms in total. The molecule has 1 atom stereocenters. The van der Waals surface area contributed by atoms with Crippen molar-refractivity contribution in [1.29, 1.82) is 0 Å². The molecule has 1 rings (SSSR count). The molecule has 124 valence electrons. The molecule has 0 radical (unpaired) electrons. The monoisotopic (exact) mass is 307 g/mol. The summed E-state index contributed by atoms with van der Waals surface area (Å²) in [5.41, 5.74) is 0.490. The molecular weight excluding hydrogens is 278 g/mol. The van der Waals surface area contributed by atoms with Crippen LogP contribution in [0.15, 0.2) is 24.3 Å². The molecule has 2 N–H and O–H groups in total. The van der Waals surface area contributed by atoms with Gasteiger partial charge in [0.1, 0.15) is 5.75 Å². The first-order chi connectivity index (χ1) is 10.3. The fraction of sp³-hybridized carbons (Fsp3) is 0.611. The summed E-state index contributed by atoms with van der Waals surface area (Å²) in [7, 11) is 1.64. The van der Waals surface area contributed by atoms with E-state index in [1.54, 1.807) is 7.11 Å². The van der Waals surface area contributed by atoms with Crippen molar-refractivity contribution in [3.8, 4) is 5.75 Å². The number of carbonyl (C=O) groups excluding carboxylic acids is 1. The second-order valence-electron chi connectivity index (χ2n) is 6.73. The molecule has 0 heterocycles. The summed E-state index contributed by atoms with van der Waals surface area (Å²) in [4.78, 5) is 12.4. The number of aliphatic hydroxyl groups excluding tert-OH is 1. The van der Waals surface area contributed by atoms with Crippen molar-refractivity contribution in [3.63, 3.8) is 0 Å². The molecule has 1 aromatic rings. The van der Waals surface area contributed by atoms with Crippen LogP contribution in [0.3, 0.4) is 0 Å². The number of methoxy groups -OCH3 is 1. The zero-order valence-electron chi connectivity index (χ0n) is 14.3. The van der Waals surface area contributed by atoms with Gasteiger partial charge in [-0.3, -0.25) is 4.79 Å². The van der Waals surface area contributed by atoms with Crippen molar-refractivity contribution in [2.75, 3.05) is 13.7 Å². The predicted octanol–water partition coefficient (Wildman–Crippen LogP) is 2.79. The topological polar surface area (TPSA) is 58.6 Å². The van der Waals surface area contributed by atoms with Crippen LogP contribution in [0.4, 0.5) is 0 Å². The van der Waals surface area contributed by atoms with Crippen molar-refractivity contribution in [1.82, 2.24) is 5.32 Å². The fourth-order valence-corrected chi connectivity index (χ4v) is 2.31. The van der Waals surface area contributed by atoms with Gasteiger partial charge in [0.05, 0.1) is 13.2 Å². The first-order valence-corrected chi connectivity index (χ1v) is 7.86. The van der Waals surface area contributed by atoms with Crippen LogP contribution >= 0.6 is 0 Å². The molecule has 0 saturated carbocycles. The molecule has 1 unspecified atom stereocenters. The van der Waals surface area contributed by atoms with Crippen molar-refractivity contribution in [2.24, 2.45) is 11.3 Å². The van der Waals surface area contributed by atoms with E-state index in [9.17, 15) is 9.90 Å². The number of hydrogen-bond acceptors (Lipinski definition) is 3. The van der Waals surface area contributed by atoms with Gasteiger partial charge in [-0.1, -0.05) is 45.9 Å². The lowest BCUT2D eigenvalue weighted by Crippen LogP contribution is -2.39.